The number of benzene rings is 1. The lowest BCUT2D eigenvalue weighted by Gasteiger charge is -2.17. The van der Waals surface area contributed by atoms with E-state index in [2.05, 4.69) is 0 Å². The molecular formula is C10H11F4NO. The van der Waals surface area contributed by atoms with Crippen molar-refractivity contribution < 1.29 is 22.7 Å². The lowest BCUT2D eigenvalue weighted by Crippen LogP contribution is -2.24. The number of halogens is 4. The summed E-state index contributed by atoms with van der Waals surface area (Å²) in [6, 6.07) is 0.767. The zero-order valence-corrected chi connectivity index (χ0v) is 8.42. The summed E-state index contributed by atoms with van der Waals surface area (Å²) in [5.74, 6) is -0.860. The predicted octanol–water partition coefficient (Wildman–Crippen LogP) is 2.23. The quantitative estimate of drug-likeness (QED) is 0.775. The van der Waals surface area contributed by atoms with Crippen LogP contribution in [0.4, 0.5) is 17.6 Å². The van der Waals surface area contributed by atoms with Crippen molar-refractivity contribution >= 4 is 0 Å². The standard InChI is InChI=1S/C10H11F4NO/c1-5(16)9(15)7-4-6(10(12,13)14)2-3-8(7)11/h2-5,9,16H,15H2,1H3/t5-,9+/m1/s1. The van der Waals surface area contributed by atoms with E-state index in [0.717, 1.165) is 0 Å². The Kier molecular flexibility index (Phi) is 3.54. The van der Waals surface area contributed by atoms with Gasteiger partial charge in [0.25, 0.3) is 0 Å². The van der Waals surface area contributed by atoms with Gasteiger partial charge in [-0.25, -0.2) is 4.39 Å². The van der Waals surface area contributed by atoms with Crippen LogP contribution in [0.2, 0.25) is 0 Å². The van der Waals surface area contributed by atoms with Crippen molar-refractivity contribution in [1.82, 2.24) is 0 Å². The van der Waals surface area contributed by atoms with Crippen LogP contribution in [0.15, 0.2) is 18.2 Å². The van der Waals surface area contributed by atoms with Gasteiger partial charge in [0.2, 0.25) is 0 Å². The summed E-state index contributed by atoms with van der Waals surface area (Å²) < 4.78 is 50.2. The molecule has 16 heavy (non-hydrogen) atoms. The summed E-state index contributed by atoms with van der Waals surface area (Å²) in [5.41, 5.74) is 4.06. The van der Waals surface area contributed by atoms with E-state index in [1.807, 2.05) is 0 Å². The first-order valence-corrected chi connectivity index (χ1v) is 4.53. The van der Waals surface area contributed by atoms with E-state index in [-0.39, 0.29) is 5.56 Å². The van der Waals surface area contributed by atoms with E-state index in [1.54, 1.807) is 0 Å². The van der Waals surface area contributed by atoms with Crippen molar-refractivity contribution in [3.8, 4) is 0 Å². The fraction of sp³-hybridized carbons (Fsp3) is 0.400. The maximum atomic E-state index is 13.2. The van der Waals surface area contributed by atoms with Crippen LogP contribution in [-0.4, -0.2) is 11.2 Å². The van der Waals surface area contributed by atoms with Crippen molar-refractivity contribution in [2.45, 2.75) is 25.2 Å². The fourth-order valence-electron chi connectivity index (χ4n) is 1.24. The molecule has 0 aliphatic carbocycles. The largest absolute Gasteiger partial charge is 0.416 e. The zero-order chi connectivity index (χ0) is 12.5. The topological polar surface area (TPSA) is 46.2 Å². The lowest BCUT2D eigenvalue weighted by molar-refractivity contribution is -0.137. The summed E-state index contributed by atoms with van der Waals surface area (Å²) in [4.78, 5) is 0. The number of aliphatic hydroxyl groups excluding tert-OH is 1. The molecule has 2 nitrogen and oxygen atoms in total. The Hall–Kier alpha value is -1.14. The monoisotopic (exact) mass is 237 g/mol. The summed E-state index contributed by atoms with van der Waals surface area (Å²) in [6.07, 6.45) is -5.68. The summed E-state index contributed by atoms with van der Waals surface area (Å²) in [6.45, 7) is 1.28. The SMILES string of the molecule is C[C@@H](O)[C@H](N)c1cc(C(F)(F)F)ccc1F. The molecule has 0 aromatic heterocycles. The highest BCUT2D eigenvalue weighted by Crippen LogP contribution is 2.31. The predicted molar refractivity (Wildman–Crippen MR) is 50.0 cm³/mol. The van der Waals surface area contributed by atoms with Gasteiger partial charge in [-0.2, -0.15) is 13.2 Å². The van der Waals surface area contributed by atoms with E-state index in [9.17, 15) is 17.6 Å². The first kappa shape index (κ1) is 12.9. The fourth-order valence-corrected chi connectivity index (χ4v) is 1.24. The smallest absolute Gasteiger partial charge is 0.391 e. The third-order valence-corrected chi connectivity index (χ3v) is 2.20. The van der Waals surface area contributed by atoms with E-state index in [4.69, 9.17) is 10.8 Å². The van der Waals surface area contributed by atoms with Gasteiger partial charge in [0, 0.05) is 5.56 Å². The van der Waals surface area contributed by atoms with Crippen molar-refractivity contribution in [3.63, 3.8) is 0 Å². The zero-order valence-electron chi connectivity index (χ0n) is 8.42. The van der Waals surface area contributed by atoms with Crippen LogP contribution in [0, 0.1) is 5.82 Å². The van der Waals surface area contributed by atoms with Crippen molar-refractivity contribution in [2.24, 2.45) is 5.73 Å². The van der Waals surface area contributed by atoms with Gasteiger partial charge in [0.05, 0.1) is 17.7 Å². The summed E-state index contributed by atoms with van der Waals surface area (Å²) in [5, 5.41) is 9.12. The molecule has 6 heteroatoms. The van der Waals surface area contributed by atoms with Gasteiger partial charge in [-0.15, -0.1) is 0 Å². The first-order chi connectivity index (χ1) is 7.23. The average molecular weight is 237 g/mol. The van der Waals surface area contributed by atoms with Gasteiger partial charge < -0.3 is 10.8 Å². The van der Waals surface area contributed by atoms with Gasteiger partial charge in [-0.1, -0.05) is 0 Å². The van der Waals surface area contributed by atoms with E-state index in [1.165, 1.54) is 6.92 Å². The summed E-state index contributed by atoms with van der Waals surface area (Å²) >= 11 is 0. The first-order valence-electron chi connectivity index (χ1n) is 4.53. The molecular weight excluding hydrogens is 226 g/mol. The third kappa shape index (κ3) is 2.70. The molecule has 0 spiro atoms. The number of aliphatic hydroxyl groups is 1. The molecule has 0 aliphatic rings. The third-order valence-electron chi connectivity index (χ3n) is 2.20. The highest BCUT2D eigenvalue weighted by molar-refractivity contribution is 5.29. The van der Waals surface area contributed by atoms with Crippen LogP contribution in [0.1, 0.15) is 24.1 Å². The Morgan fingerprint density at radius 1 is 1.31 bits per heavy atom. The van der Waals surface area contributed by atoms with Gasteiger partial charge in [0.15, 0.2) is 0 Å². The van der Waals surface area contributed by atoms with E-state index < -0.39 is 29.7 Å². The molecule has 0 unspecified atom stereocenters. The Balaban J connectivity index is 3.19. The molecule has 0 saturated heterocycles. The molecule has 1 aromatic rings. The molecule has 0 saturated carbocycles. The Bertz CT molecular complexity index is 376. The number of hydrogen-bond acceptors (Lipinski definition) is 2. The Labute approximate surface area is 89.7 Å². The van der Waals surface area contributed by atoms with Crippen molar-refractivity contribution in [3.05, 3.63) is 35.1 Å². The Morgan fingerprint density at radius 3 is 2.31 bits per heavy atom. The number of alkyl halides is 3. The minimum Gasteiger partial charge on any atom is -0.391 e. The van der Waals surface area contributed by atoms with Gasteiger partial charge in [0.1, 0.15) is 5.82 Å². The number of nitrogens with two attached hydrogens (primary N) is 1. The highest BCUT2D eigenvalue weighted by Gasteiger charge is 2.32. The molecule has 0 heterocycles. The van der Waals surface area contributed by atoms with Crippen LogP contribution in [0.5, 0.6) is 0 Å². The molecule has 2 atom stereocenters. The van der Waals surface area contributed by atoms with Gasteiger partial charge in [-0.05, 0) is 25.1 Å². The average Bonchev–Trinajstić information content (AvgIpc) is 2.15. The van der Waals surface area contributed by atoms with Crippen LogP contribution in [0.3, 0.4) is 0 Å². The van der Waals surface area contributed by atoms with Crippen LogP contribution < -0.4 is 5.73 Å². The van der Waals surface area contributed by atoms with Crippen LogP contribution in [0.25, 0.3) is 0 Å². The molecule has 3 N–H and O–H groups in total. The minimum atomic E-state index is -4.55. The lowest BCUT2D eigenvalue weighted by atomic mass is 10.00. The second kappa shape index (κ2) is 4.39. The Morgan fingerprint density at radius 2 is 1.88 bits per heavy atom. The van der Waals surface area contributed by atoms with Crippen LogP contribution in [-0.2, 0) is 6.18 Å². The van der Waals surface area contributed by atoms with Crippen LogP contribution >= 0.6 is 0 Å². The van der Waals surface area contributed by atoms with Gasteiger partial charge in [-0.3, -0.25) is 0 Å². The number of hydrogen-bond donors (Lipinski definition) is 2. The molecule has 0 bridgehead atoms. The molecule has 0 fully saturated rings. The van der Waals surface area contributed by atoms with E-state index >= 15 is 0 Å². The molecule has 1 aromatic carbocycles. The van der Waals surface area contributed by atoms with E-state index in [0.29, 0.717) is 18.2 Å². The maximum absolute atomic E-state index is 13.2. The maximum Gasteiger partial charge on any atom is 0.416 e. The minimum absolute atomic E-state index is 0.343. The molecule has 0 amide bonds. The van der Waals surface area contributed by atoms with Crippen molar-refractivity contribution in [2.75, 3.05) is 0 Å². The normalized spacial score (nSPS) is 15.9. The second-order valence-corrected chi connectivity index (χ2v) is 3.50. The molecule has 90 valence electrons. The molecule has 1 rings (SSSR count). The van der Waals surface area contributed by atoms with Crippen molar-refractivity contribution in [1.29, 1.82) is 0 Å². The number of rotatable bonds is 2. The second-order valence-electron chi connectivity index (χ2n) is 3.50. The summed E-state index contributed by atoms with van der Waals surface area (Å²) in [7, 11) is 0. The van der Waals surface area contributed by atoms with Gasteiger partial charge >= 0.3 is 6.18 Å². The molecule has 0 radical (unpaired) electrons. The molecule has 0 aliphatic heterocycles. The highest BCUT2D eigenvalue weighted by atomic mass is 19.4.